The highest BCUT2D eigenvalue weighted by atomic mass is 35.5. The number of carbonyl (C=O) groups excluding carboxylic acids is 1. The van der Waals surface area contributed by atoms with Crippen LogP contribution < -0.4 is 0 Å². The smallest absolute Gasteiger partial charge is 0.257 e. The highest BCUT2D eigenvalue weighted by Crippen LogP contribution is 2.26. The van der Waals surface area contributed by atoms with Crippen LogP contribution in [0, 0.1) is 13.8 Å². The zero-order valence-corrected chi connectivity index (χ0v) is 21.3. The molecule has 1 aliphatic carbocycles. The van der Waals surface area contributed by atoms with Gasteiger partial charge < -0.3 is 4.90 Å². The average molecular weight is 489 g/mol. The molecule has 0 N–H and O–H groups in total. The highest BCUT2D eigenvalue weighted by Gasteiger charge is 2.30. The second kappa shape index (κ2) is 10.4. The Hall–Kier alpha value is -2.89. The summed E-state index contributed by atoms with van der Waals surface area (Å²) < 4.78 is 1.90. The molecule has 1 aliphatic heterocycles. The second-order valence-electron chi connectivity index (χ2n) is 9.70. The van der Waals surface area contributed by atoms with Crippen LogP contribution in [0.5, 0.6) is 0 Å². The number of hydrogen-bond acceptors (Lipinski definition) is 3. The molecule has 2 aromatic carbocycles. The van der Waals surface area contributed by atoms with E-state index in [1.807, 2.05) is 59.8 Å². The predicted molar refractivity (Wildman–Crippen MR) is 143 cm³/mol. The van der Waals surface area contributed by atoms with Gasteiger partial charge in [-0.05, 0) is 62.1 Å². The van der Waals surface area contributed by atoms with E-state index < -0.39 is 0 Å². The van der Waals surface area contributed by atoms with Gasteiger partial charge in [0, 0.05) is 37.2 Å². The van der Waals surface area contributed by atoms with Gasteiger partial charge in [0.1, 0.15) is 0 Å². The Morgan fingerprint density at radius 2 is 1.63 bits per heavy atom. The summed E-state index contributed by atoms with van der Waals surface area (Å²) in [6, 6.07) is 16.7. The number of carbonyl (C=O) groups is 1. The van der Waals surface area contributed by atoms with Crippen molar-refractivity contribution in [3.8, 4) is 5.69 Å². The van der Waals surface area contributed by atoms with Gasteiger partial charge in [0.2, 0.25) is 0 Å². The van der Waals surface area contributed by atoms with Gasteiger partial charge in [-0.3, -0.25) is 9.69 Å². The first kappa shape index (κ1) is 23.8. The summed E-state index contributed by atoms with van der Waals surface area (Å²) in [5, 5.41) is 5.49. The number of benzene rings is 2. The van der Waals surface area contributed by atoms with Crippen molar-refractivity contribution in [1.29, 1.82) is 0 Å². The number of aromatic nitrogens is 2. The van der Waals surface area contributed by atoms with E-state index in [4.69, 9.17) is 16.7 Å². The minimum absolute atomic E-state index is 0.108. The molecule has 6 heteroatoms. The molecule has 0 radical (unpaired) electrons. The van der Waals surface area contributed by atoms with Crippen molar-refractivity contribution in [2.75, 3.05) is 26.2 Å². The Morgan fingerprint density at radius 3 is 2.34 bits per heavy atom. The summed E-state index contributed by atoms with van der Waals surface area (Å²) >= 11 is 5.99. The number of halogens is 1. The Labute approximate surface area is 213 Å². The molecule has 5 nitrogen and oxygen atoms in total. The fraction of sp³-hybridized carbons (Fsp3) is 0.379. The first-order valence-electron chi connectivity index (χ1n) is 12.6. The predicted octanol–water partition coefficient (Wildman–Crippen LogP) is 6.01. The van der Waals surface area contributed by atoms with Crippen molar-refractivity contribution in [2.24, 2.45) is 0 Å². The SMILES string of the molecule is Cc1nn(-c2cccc(/C=C/c3ccc(Cl)cc3)c2)c(C)c1C(=O)N1CCN(C2CCCC2)CC1. The van der Waals surface area contributed by atoms with E-state index in [1.54, 1.807) is 0 Å². The molecule has 0 atom stereocenters. The largest absolute Gasteiger partial charge is 0.336 e. The van der Waals surface area contributed by atoms with Gasteiger partial charge in [-0.2, -0.15) is 5.10 Å². The second-order valence-corrected chi connectivity index (χ2v) is 10.1. The molecule has 2 fully saturated rings. The summed E-state index contributed by atoms with van der Waals surface area (Å²) in [5.74, 6) is 0.108. The van der Waals surface area contributed by atoms with Crippen LogP contribution in [0.15, 0.2) is 48.5 Å². The Morgan fingerprint density at radius 1 is 0.943 bits per heavy atom. The Bertz CT molecular complexity index is 1220. The molecule has 0 spiro atoms. The molecule has 2 aliphatic rings. The van der Waals surface area contributed by atoms with Crippen LogP contribution in [0.2, 0.25) is 5.02 Å². The van der Waals surface area contributed by atoms with Crippen LogP contribution in [0.25, 0.3) is 17.8 Å². The first-order chi connectivity index (χ1) is 17.0. The van der Waals surface area contributed by atoms with Crippen LogP contribution in [0.4, 0.5) is 0 Å². The molecule has 5 rings (SSSR count). The van der Waals surface area contributed by atoms with Gasteiger partial charge in [-0.1, -0.05) is 60.9 Å². The third-order valence-electron chi connectivity index (χ3n) is 7.40. The Kier molecular flexibility index (Phi) is 7.07. The maximum absolute atomic E-state index is 13.5. The maximum Gasteiger partial charge on any atom is 0.257 e. The van der Waals surface area contributed by atoms with E-state index in [-0.39, 0.29) is 5.91 Å². The van der Waals surface area contributed by atoms with E-state index in [2.05, 4.69) is 29.2 Å². The lowest BCUT2D eigenvalue weighted by molar-refractivity contribution is 0.0572. The van der Waals surface area contributed by atoms with E-state index in [0.29, 0.717) is 0 Å². The summed E-state index contributed by atoms with van der Waals surface area (Å²) in [6.07, 6.45) is 9.46. The van der Waals surface area contributed by atoms with Crippen LogP contribution >= 0.6 is 11.6 Å². The number of hydrogen-bond donors (Lipinski definition) is 0. The normalized spacial score (nSPS) is 17.5. The molecule has 1 amide bonds. The third-order valence-corrected chi connectivity index (χ3v) is 7.65. The standard InChI is InChI=1S/C29H33ClN4O/c1-21-28(29(35)33-18-16-32(17-19-33)26-7-3-4-8-26)22(2)34(31-21)27-9-5-6-24(20-27)11-10-23-12-14-25(30)15-13-23/h5-6,9-15,20,26H,3-4,7-8,16-19H2,1-2H3/b11-10+. The Balaban J connectivity index is 1.32. The molecule has 182 valence electrons. The lowest BCUT2D eigenvalue weighted by Gasteiger charge is -2.38. The van der Waals surface area contributed by atoms with Gasteiger partial charge in [-0.25, -0.2) is 4.68 Å². The first-order valence-corrected chi connectivity index (χ1v) is 13.0. The highest BCUT2D eigenvalue weighted by molar-refractivity contribution is 6.30. The molecule has 1 aromatic heterocycles. The van der Waals surface area contributed by atoms with E-state index in [1.165, 1.54) is 25.7 Å². The fourth-order valence-electron chi connectivity index (χ4n) is 5.45. The van der Waals surface area contributed by atoms with Crippen molar-refractivity contribution >= 4 is 29.7 Å². The molecule has 2 heterocycles. The topological polar surface area (TPSA) is 41.4 Å². The van der Waals surface area contributed by atoms with Crippen molar-refractivity contribution in [3.63, 3.8) is 0 Å². The van der Waals surface area contributed by atoms with E-state index >= 15 is 0 Å². The summed E-state index contributed by atoms with van der Waals surface area (Å²) in [7, 11) is 0. The van der Waals surface area contributed by atoms with Crippen LogP contribution in [0.3, 0.4) is 0 Å². The summed E-state index contributed by atoms with van der Waals surface area (Å²) in [6.45, 7) is 7.48. The lowest BCUT2D eigenvalue weighted by atomic mass is 10.1. The van der Waals surface area contributed by atoms with Crippen molar-refractivity contribution in [1.82, 2.24) is 19.6 Å². The third kappa shape index (κ3) is 5.21. The van der Waals surface area contributed by atoms with Gasteiger partial charge >= 0.3 is 0 Å². The molecular weight excluding hydrogens is 456 g/mol. The zero-order chi connectivity index (χ0) is 24.4. The molecule has 0 bridgehead atoms. The number of rotatable bonds is 5. The van der Waals surface area contributed by atoms with Gasteiger partial charge in [0.05, 0.1) is 22.6 Å². The molecule has 1 saturated carbocycles. The molecule has 3 aromatic rings. The summed E-state index contributed by atoms with van der Waals surface area (Å²) in [4.78, 5) is 18.1. The quantitative estimate of drug-likeness (QED) is 0.413. The fourth-order valence-corrected chi connectivity index (χ4v) is 5.57. The van der Waals surface area contributed by atoms with E-state index in [9.17, 15) is 4.79 Å². The molecule has 35 heavy (non-hydrogen) atoms. The minimum Gasteiger partial charge on any atom is -0.336 e. The van der Waals surface area contributed by atoms with Gasteiger partial charge in [-0.15, -0.1) is 0 Å². The van der Waals surface area contributed by atoms with Crippen LogP contribution in [0.1, 0.15) is 58.6 Å². The van der Waals surface area contributed by atoms with Gasteiger partial charge in [0.15, 0.2) is 0 Å². The van der Waals surface area contributed by atoms with Crippen molar-refractivity contribution < 1.29 is 4.79 Å². The number of aryl methyl sites for hydroxylation is 1. The van der Waals surface area contributed by atoms with E-state index in [0.717, 1.165) is 71.0 Å². The number of amides is 1. The van der Waals surface area contributed by atoms with Crippen molar-refractivity contribution in [3.05, 3.63) is 81.6 Å². The number of nitrogens with zero attached hydrogens (tertiary/aromatic N) is 4. The molecule has 0 unspecified atom stereocenters. The monoisotopic (exact) mass is 488 g/mol. The number of piperazine rings is 1. The minimum atomic E-state index is 0.108. The maximum atomic E-state index is 13.5. The summed E-state index contributed by atoms with van der Waals surface area (Å²) in [5.41, 5.74) is 5.53. The van der Waals surface area contributed by atoms with Gasteiger partial charge in [0.25, 0.3) is 5.91 Å². The molecular formula is C29H33ClN4O. The molecule has 1 saturated heterocycles. The average Bonchev–Trinajstić information content (AvgIpc) is 3.52. The lowest BCUT2D eigenvalue weighted by Crippen LogP contribution is -2.51. The van der Waals surface area contributed by atoms with Crippen molar-refractivity contribution in [2.45, 2.75) is 45.6 Å². The zero-order valence-electron chi connectivity index (χ0n) is 20.6. The van der Waals surface area contributed by atoms with Crippen LogP contribution in [-0.2, 0) is 0 Å². The van der Waals surface area contributed by atoms with Crippen LogP contribution in [-0.4, -0.2) is 57.7 Å².